The number of hydrogen-bond acceptors (Lipinski definition) is 5. The van der Waals surface area contributed by atoms with E-state index in [1.54, 1.807) is 0 Å². The normalized spacial score (nSPS) is 22.8. The zero-order valence-corrected chi connectivity index (χ0v) is 10.5. The molecule has 1 fully saturated rings. The van der Waals surface area contributed by atoms with Crippen LogP contribution in [0.4, 0.5) is 5.82 Å². The van der Waals surface area contributed by atoms with Crippen molar-refractivity contribution in [2.75, 3.05) is 12.0 Å². The minimum Gasteiger partial charge on any atom is -0.350 e. The largest absolute Gasteiger partial charge is 0.350 e. The second-order valence-corrected chi connectivity index (χ2v) is 4.93. The maximum Gasteiger partial charge on any atom is 0.271 e. The van der Waals surface area contributed by atoms with Crippen LogP contribution in [0.15, 0.2) is 12.4 Å². The SMILES string of the molecule is CC1CCC(CNC(=O)c2cncc(NN)n2)C1. The van der Waals surface area contributed by atoms with Crippen LogP contribution in [0.5, 0.6) is 0 Å². The van der Waals surface area contributed by atoms with Crippen LogP contribution in [0.25, 0.3) is 0 Å². The molecule has 0 bridgehead atoms. The predicted molar refractivity (Wildman–Crippen MR) is 68.7 cm³/mol. The van der Waals surface area contributed by atoms with Crippen molar-refractivity contribution in [1.29, 1.82) is 0 Å². The number of nitrogens with two attached hydrogens (primary N) is 1. The van der Waals surface area contributed by atoms with Crippen LogP contribution < -0.4 is 16.6 Å². The number of nitrogens with one attached hydrogen (secondary N) is 2. The topological polar surface area (TPSA) is 92.9 Å². The molecule has 0 aliphatic heterocycles. The summed E-state index contributed by atoms with van der Waals surface area (Å²) < 4.78 is 0. The number of carbonyl (C=O) groups is 1. The van der Waals surface area contributed by atoms with Gasteiger partial charge in [0.25, 0.3) is 5.91 Å². The molecule has 1 aliphatic carbocycles. The van der Waals surface area contributed by atoms with E-state index in [0.717, 1.165) is 5.92 Å². The lowest BCUT2D eigenvalue weighted by atomic mass is 10.1. The summed E-state index contributed by atoms with van der Waals surface area (Å²) in [5.74, 6) is 6.78. The first-order chi connectivity index (χ1) is 8.69. The minimum atomic E-state index is -0.195. The molecule has 18 heavy (non-hydrogen) atoms. The first-order valence-electron chi connectivity index (χ1n) is 6.26. The molecule has 1 aromatic rings. The fourth-order valence-electron chi connectivity index (χ4n) is 2.38. The third-order valence-corrected chi connectivity index (χ3v) is 3.37. The summed E-state index contributed by atoms with van der Waals surface area (Å²) in [7, 11) is 0. The number of amides is 1. The minimum absolute atomic E-state index is 0.195. The van der Waals surface area contributed by atoms with E-state index in [4.69, 9.17) is 5.84 Å². The van der Waals surface area contributed by atoms with Crippen molar-refractivity contribution in [3.05, 3.63) is 18.1 Å². The lowest BCUT2D eigenvalue weighted by Crippen LogP contribution is -2.29. The molecule has 1 saturated carbocycles. The van der Waals surface area contributed by atoms with E-state index >= 15 is 0 Å². The van der Waals surface area contributed by atoms with Gasteiger partial charge in [0, 0.05) is 6.54 Å². The average Bonchev–Trinajstić information content (AvgIpc) is 2.82. The summed E-state index contributed by atoms with van der Waals surface area (Å²) in [4.78, 5) is 19.8. The highest BCUT2D eigenvalue weighted by Gasteiger charge is 2.21. The van der Waals surface area contributed by atoms with Gasteiger partial charge in [-0.25, -0.2) is 10.8 Å². The number of hydrogen-bond donors (Lipinski definition) is 3. The van der Waals surface area contributed by atoms with Crippen LogP contribution in [-0.2, 0) is 0 Å². The summed E-state index contributed by atoms with van der Waals surface area (Å²) in [6, 6.07) is 0. The van der Waals surface area contributed by atoms with Gasteiger partial charge in [0.05, 0.1) is 12.4 Å². The van der Waals surface area contributed by atoms with Crippen LogP contribution in [0, 0.1) is 11.8 Å². The zero-order valence-electron chi connectivity index (χ0n) is 10.5. The Balaban J connectivity index is 1.87. The van der Waals surface area contributed by atoms with Gasteiger partial charge in [0.2, 0.25) is 0 Å². The molecular weight excluding hydrogens is 230 g/mol. The first kappa shape index (κ1) is 12.8. The van der Waals surface area contributed by atoms with Gasteiger partial charge in [0.1, 0.15) is 5.69 Å². The molecule has 98 valence electrons. The number of nitrogens with zero attached hydrogens (tertiary/aromatic N) is 2. The molecule has 0 saturated heterocycles. The van der Waals surface area contributed by atoms with Crippen LogP contribution in [0.1, 0.15) is 36.7 Å². The van der Waals surface area contributed by atoms with E-state index in [0.29, 0.717) is 18.3 Å². The van der Waals surface area contributed by atoms with Gasteiger partial charge in [-0.15, -0.1) is 0 Å². The monoisotopic (exact) mass is 249 g/mol. The summed E-state index contributed by atoms with van der Waals surface area (Å²) in [5.41, 5.74) is 2.66. The van der Waals surface area contributed by atoms with Crippen LogP contribution in [-0.4, -0.2) is 22.4 Å². The van der Waals surface area contributed by atoms with E-state index in [1.807, 2.05) is 0 Å². The van der Waals surface area contributed by atoms with Crippen molar-refractivity contribution in [2.45, 2.75) is 26.2 Å². The maximum absolute atomic E-state index is 11.9. The molecule has 1 amide bonds. The maximum atomic E-state index is 11.9. The average molecular weight is 249 g/mol. The van der Waals surface area contributed by atoms with Gasteiger partial charge in [0.15, 0.2) is 5.82 Å². The molecule has 2 rings (SSSR count). The molecule has 0 spiro atoms. The van der Waals surface area contributed by atoms with E-state index in [-0.39, 0.29) is 11.6 Å². The van der Waals surface area contributed by atoms with Gasteiger partial charge in [-0.05, 0) is 24.7 Å². The summed E-state index contributed by atoms with van der Waals surface area (Å²) in [5, 5.41) is 2.90. The highest BCUT2D eigenvalue weighted by Crippen LogP contribution is 2.29. The van der Waals surface area contributed by atoms with Crippen LogP contribution >= 0.6 is 0 Å². The van der Waals surface area contributed by atoms with Crippen molar-refractivity contribution in [3.8, 4) is 0 Å². The van der Waals surface area contributed by atoms with E-state index in [2.05, 4.69) is 27.6 Å². The van der Waals surface area contributed by atoms with Crippen LogP contribution in [0.2, 0.25) is 0 Å². The van der Waals surface area contributed by atoms with Crippen molar-refractivity contribution in [2.24, 2.45) is 17.7 Å². The van der Waals surface area contributed by atoms with Crippen molar-refractivity contribution < 1.29 is 4.79 Å². The van der Waals surface area contributed by atoms with Gasteiger partial charge >= 0.3 is 0 Å². The molecule has 4 N–H and O–H groups in total. The zero-order chi connectivity index (χ0) is 13.0. The molecule has 1 heterocycles. The standard InChI is InChI=1S/C12H19N5O/c1-8-2-3-9(4-8)5-15-12(18)10-6-14-7-11(16-10)17-13/h6-9H,2-5,13H2,1H3,(H,15,18)(H,16,17). The molecule has 0 radical (unpaired) electrons. The van der Waals surface area contributed by atoms with Crippen LogP contribution in [0.3, 0.4) is 0 Å². The van der Waals surface area contributed by atoms with E-state index in [1.165, 1.54) is 31.7 Å². The number of rotatable bonds is 4. The van der Waals surface area contributed by atoms with Crippen molar-refractivity contribution in [3.63, 3.8) is 0 Å². The molecule has 1 aromatic heterocycles. The smallest absolute Gasteiger partial charge is 0.271 e. The van der Waals surface area contributed by atoms with E-state index < -0.39 is 0 Å². The van der Waals surface area contributed by atoms with Gasteiger partial charge in [-0.1, -0.05) is 13.3 Å². The second-order valence-electron chi connectivity index (χ2n) is 4.93. The third-order valence-electron chi connectivity index (χ3n) is 3.37. The number of nitrogen functional groups attached to an aromatic ring is 1. The molecule has 1 aliphatic rings. The van der Waals surface area contributed by atoms with Gasteiger partial charge < -0.3 is 10.7 Å². The Labute approximate surface area is 106 Å². The Bertz CT molecular complexity index is 423. The number of anilines is 1. The summed E-state index contributed by atoms with van der Waals surface area (Å²) >= 11 is 0. The summed E-state index contributed by atoms with van der Waals surface area (Å²) in [6.07, 6.45) is 6.55. The van der Waals surface area contributed by atoms with Crippen molar-refractivity contribution in [1.82, 2.24) is 15.3 Å². The highest BCUT2D eigenvalue weighted by atomic mass is 16.1. The Morgan fingerprint density at radius 3 is 3.00 bits per heavy atom. The molecule has 2 unspecified atom stereocenters. The number of aromatic nitrogens is 2. The van der Waals surface area contributed by atoms with Gasteiger partial charge in [-0.3, -0.25) is 9.78 Å². The molecular formula is C12H19N5O. The fraction of sp³-hybridized carbons (Fsp3) is 0.583. The second kappa shape index (κ2) is 5.77. The molecule has 6 nitrogen and oxygen atoms in total. The van der Waals surface area contributed by atoms with E-state index in [9.17, 15) is 4.79 Å². The Kier molecular flexibility index (Phi) is 4.09. The van der Waals surface area contributed by atoms with Gasteiger partial charge in [-0.2, -0.15) is 0 Å². The number of carbonyl (C=O) groups excluding carboxylic acids is 1. The summed E-state index contributed by atoms with van der Waals surface area (Å²) in [6.45, 7) is 2.97. The molecule has 2 atom stereocenters. The Morgan fingerprint density at radius 2 is 2.33 bits per heavy atom. The Hall–Kier alpha value is -1.69. The fourth-order valence-corrected chi connectivity index (χ4v) is 2.38. The lowest BCUT2D eigenvalue weighted by Gasteiger charge is -2.10. The third kappa shape index (κ3) is 3.16. The number of hydrazine groups is 1. The molecule has 6 heteroatoms. The van der Waals surface area contributed by atoms with Crippen molar-refractivity contribution >= 4 is 11.7 Å². The predicted octanol–water partition coefficient (Wildman–Crippen LogP) is 0.928. The first-order valence-corrected chi connectivity index (χ1v) is 6.26. The molecule has 0 aromatic carbocycles. The quantitative estimate of drug-likeness (QED) is 0.545. The Morgan fingerprint density at radius 1 is 1.50 bits per heavy atom. The highest BCUT2D eigenvalue weighted by molar-refractivity contribution is 5.92. The lowest BCUT2D eigenvalue weighted by molar-refractivity contribution is 0.0942.